The van der Waals surface area contributed by atoms with Crippen LogP contribution in [0, 0.1) is 0 Å². The van der Waals surface area contributed by atoms with Crippen LogP contribution in [0.15, 0.2) is 36.7 Å². The van der Waals surface area contributed by atoms with Gasteiger partial charge in [0.05, 0.1) is 0 Å². The Hall–Kier alpha value is -2.43. The number of hydrogen-bond acceptors (Lipinski definition) is 4. The van der Waals surface area contributed by atoms with Crippen molar-refractivity contribution >= 4 is 5.91 Å². The summed E-state index contributed by atoms with van der Waals surface area (Å²) in [5.41, 5.74) is 6.27. The van der Waals surface area contributed by atoms with E-state index in [4.69, 9.17) is 10.5 Å². The third-order valence-corrected chi connectivity index (χ3v) is 2.46. The number of carbonyl (C=O) groups is 1. The number of aromatic nitrogens is 2. The van der Waals surface area contributed by atoms with Gasteiger partial charge < -0.3 is 10.5 Å². The maximum atomic E-state index is 11.2. The first kappa shape index (κ1) is 12.0. The SMILES string of the molecule is CCc1ccccc1Oc1nccnc1C(N)=O. The standard InChI is InChI=1S/C13H13N3O2/c1-2-9-5-3-4-6-10(9)18-13-11(12(14)17)15-7-8-16-13/h3-8H,2H2,1H3,(H2,14,17). The molecule has 0 bridgehead atoms. The fourth-order valence-corrected chi connectivity index (χ4v) is 1.57. The third kappa shape index (κ3) is 2.45. The Morgan fingerprint density at radius 1 is 1.28 bits per heavy atom. The molecule has 1 aromatic heterocycles. The van der Waals surface area contributed by atoms with Gasteiger partial charge in [0.15, 0.2) is 5.69 Å². The number of para-hydroxylation sites is 1. The molecule has 18 heavy (non-hydrogen) atoms. The summed E-state index contributed by atoms with van der Waals surface area (Å²) in [5, 5.41) is 0. The van der Waals surface area contributed by atoms with Crippen LogP contribution < -0.4 is 10.5 Å². The zero-order valence-electron chi connectivity index (χ0n) is 9.96. The normalized spacial score (nSPS) is 10.1. The van der Waals surface area contributed by atoms with Crippen molar-refractivity contribution in [3.63, 3.8) is 0 Å². The van der Waals surface area contributed by atoms with Crippen LogP contribution in [0.5, 0.6) is 11.6 Å². The average Bonchev–Trinajstić information content (AvgIpc) is 2.40. The number of amides is 1. The first-order valence-electron chi connectivity index (χ1n) is 5.59. The van der Waals surface area contributed by atoms with Crippen molar-refractivity contribution in [1.29, 1.82) is 0 Å². The molecular formula is C13H13N3O2. The van der Waals surface area contributed by atoms with Gasteiger partial charge in [-0.05, 0) is 18.1 Å². The van der Waals surface area contributed by atoms with Crippen molar-refractivity contribution in [2.45, 2.75) is 13.3 Å². The lowest BCUT2D eigenvalue weighted by Crippen LogP contribution is -2.15. The van der Waals surface area contributed by atoms with E-state index in [0.29, 0.717) is 5.75 Å². The molecule has 5 heteroatoms. The zero-order valence-corrected chi connectivity index (χ0v) is 9.96. The van der Waals surface area contributed by atoms with Gasteiger partial charge in [0.2, 0.25) is 0 Å². The summed E-state index contributed by atoms with van der Waals surface area (Å²) in [6.45, 7) is 2.02. The highest BCUT2D eigenvalue weighted by Crippen LogP contribution is 2.25. The summed E-state index contributed by atoms with van der Waals surface area (Å²) >= 11 is 0. The fraction of sp³-hybridized carbons (Fsp3) is 0.154. The van der Waals surface area contributed by atoms with E-state index in [1.165, 1.54) is 12.4 Å². The minimum absolute atomic E-state index is 0.0309. The van der Waals surface area contributed by atoms with Crippen LogP contribution in [0.3, 0.4) is 0 Å². The molecule has 0 radical (unpaired) electrons. The smallest absolute Gasteiger partial charge is 0.272 e. The van der Waals surface area contributed by atoms with Gasteiger partial charge in [-0.25, -0.2) is 9.97 Å². The summed E-state index contributed by atoms with van der Waals surface area (Å²) in [7, 11) is 0. The molecule has 5 nitrogen and oxygen atoms in total. The Morgan fingerprint density at radius 2 is 2.00 bits per heavy atom. The minimum atomic E-state index is -0.660. The van der Waals surface area contributed by atoms with Crippen LogP contribution in [0.1, 0.15) is 23.0 Å². The molecule has 1 aromatic carbocycles. The molecule has 2 rings (SSSR count). The quantitative estimate of drug-likeness (QED) is 0.889. The van der Waals surface area contributed by atoms with E-state index >= 15 is 0 Å². The van der Waals surface area contributed by atoms with Gasteiger partial charge in [-0.1, -0.05) is 25.1 Å². The Bertz CT molecular complexity index is 570. The predicted octanol–water partition coefficient (Wildman–Crippen LogP) is 1.93. The van der Waals surface area contributed by atoms with Gasteiger partial charge in [0.25, 0.3) is 11.8 Å². The molecule has 0 aliphatic heterocycles. The van der Waals surface area contributed by atoms with E-state index in [0.717, 1.165) is 12.0 Å². The number of hydrogen-bond donors (Lipinski definition) is 1. The van der Waals surface area contributed by atoms with E-state index in [1.807, 2.05) is 31.2 Å². The predicted molar refractivity (Wildman–Crippen MR) is 66.4 cm³/mol. The Labute approximate surface area is 105 Å². The van der Waals surface area contributed by atoms with Gasteiger partial charge >= 0.3 is 0 Å². The lowest BCUT2D eigenvalue weighted by atomic mass is 10.1. The number of carbonyl (C=O) groups excluding carboxylic acids is 1. The first-order chi connectivity index (χ1) is 8.72. The Balaban J connectivity index is 2.37. The summed E-state index contributed by atoms with van der Waals surface area (Å²) in [6, 6.07) is 7.56. The number of aryl methyl sites for hydroxylation is 1. The summed E-state index contributed by atoms with van der Waals surface area (Å²) < 4.78 is 5.62. The van der Waals surface area contributed by atoms with E-state index in [-0.39, 0.29) is 11.6 Å². The lowest BCUT2D eigenvalue weighted by molar-refractivity contribution is 0.0992. The fourth-order valence-electron chi connectivity index (χ4n) is 1.57. The molecule has 2 N–H and O–H groups in total. The van der Waals surface area contributed by atoms with Gasteiger partial charge in [0, 0.05) is 12.4 Å². The molecule has 0 fully saturated rings. The number of rotatable bonds is 4. The highest BCUT2D eigenvalue weighted by atomic mass is 16.5. The van der Waals surface area contributed by atoms with Crippen molar-refractivity contribution in [2.75, 3.05) is 0 Å². The number of nitrogens with zero attached hydrogens (tertiary/aromatic N) is 2. The van der Waals surface area contributed by atoms with E-state index < -0.39 is 5.91 Å². The molecule has 0 aliphatic carbocycles. The molecule has 0 atom stereocenters. The molecule has 1 amide bonds. The van der Waals surface area contributed by atoms with Gasteiger partial charge in [-0.15, -0.1) is 0 Å². The summed E-state index contributed by atoms with van der Waals surface area (Å²) in [4.78, 5) is 19.1. The van der Waals surface area contributed by atoms with Gasteiger partial charge in [0.1, 0.15) is 5.75 Å². The molecular weight excluding hydrogens is 230 g/mol. The second-order valence-electron chi connectivity index (χ2n) is 3.64. The van der Waals surface area contributed by atoms with Crippen LogP contribution >= 0.6 is 0 Å². The second-order valence-corrected chi connectivity index (χ2v) is 3.64. The van der Waals surface area contributed by atoms with Crippen molar-refractivity contribution in [2.24, 2.45) is 5.73 Å². The molecule has 1 heterocycles. The van der Waals surface area contributed by atoms with Crippen LogP contribution in [0.25, 0.3) is 0 Å². The number of benzene rings is 1. The molecule has 0 saturated carbocycles. The largest absolute Gasteiger partial charge is 0.437 e. The van der Waals surface area contributed by atoms with E-state index in [1.54, 1.807) is 0 Å². The minimum Gasteiger partial charge on any atom is -0.437 e. The van der Waals surface area contributed by atoms with Crippen molar-refractivity contribution in [1.82, 2.24) is 9.97 Å². The molecule has 0 spiro atoms. The number of nitrogens with two attached hydrogens (primary N) is 1. The molecule has 0 aliphatic rings. The number of primary amides is 1. The molecule has 0 unspecified atom stereocenters. The molecule has 0 saturated heterocycles. The zero-order chi connectivity index (χ0) is 13.0. The third-order valence-electron chi connectivity index (χ3n) is 2.46. The number of ether oxygens (including phenoxy) is 1. The maximum Gasteiger partial charge on any atom is 0.272 e. The monoisotopic (exact) mass is 243 g/mol. The average molecular weight is 243 g/mol. The molecule has 92 valence electrons. The van der Waals surface area contributed by atoms with Crippen LogP contribution in [0.4, 0.5) is 0 Å². The second kappa shape index (κ2) is 5.27. The van der Waals surface area contributed by atoms with Gasteiger partial charge in [-0.2, -0.15) is 0 Å². The van der Waals surface area contributed by atoms with Crippen LogP contribution in [-0.4, -0.2) is 15.9 Å². The highest BCUT2D eigenvalue weighted by molar-refractivity contribution is 5.92. The summed E-state index contributed by atoms with van der Waals surface area (Å²) in [6.07, 6.45) is 3.68. The van der Waals surface area contributed by atoms with E-state index in [2.05, 4.69) is 9.97 Å². The van der Waals surface area contributed by atoms with Crippen molar-refractivity contribution in [3.05, 3.63) is 47.9 Å². The highest BCUT2D eigenvalue weighted by Gasteiger charge is 2.13. The van der Waals surface area contributed by atoms with Gasteiger partial charge in [-0.3, -0.25) is 4.79 Å². The Morgan fingerprint density at radius 3 is 2.72 bits per heavy atom. The van der Waals surface area contributed by atoms with E-state index in [9.17, 15) is 4.79 Å². The first-order valence-corrected chi connectivity index (χ1v) is 5.59. The van der Waals surface area contributed by atoms with Crippen LogP contribution in [0.2, 0.25) is 0 Å². The topological polar surface area (TPSA) is 78.1 Å². The van der Waals surface area contributed by atoms with Crippen molar-refractivity contribution in [3.8, 4) is 11.6 Å². The maximum absolute atomic E-state index is 11.2. The Kier molecular flexibility index (Phi) is 3.52. The van der Waals surface area contributed by atoms with Crippen LogP contribution in [-0.2, 0) is 6.42 Å². The van der Waals surface area contributed by atoms with Crippen molar-refractivity contribution < 1.29 is 9.53 Å². The lowest BCUT2D eigenvalue weighted by Gasteiger charge is -2.10. The molecule has 2 aromatic rings. The summed E-state index contributed by atoms with van der Waals surface area (Å²) in [5.74, 6) is 0.126.